The lowest BCUT2D eigenvalue weighted by Crippen LogP contribution is -2.54. The van der Waals surface area contributed by atoms with E-state index in [1.807, 2.05) is 25.5 Å². The van der Waals surface area contributed by atoms with Crippen LogP contribution >= 0.6 is 0 Å². The molecule has 9 nitrogen and oxygen atoms in total. The third-order valence-corrected chi connectivity index (χ3v) is 5.94. The van der Waals surface area contributed by atoms with Gasteiger partial charge in [-0.05, 0) is 25.0 Å². The van der Waals surface area contributed by atoms with Crippen molar-refractivity contribution >= 4 is 22.0 Å². The fraction of sp³-hybridized carbons (Fsp3) is 0.421. The molecule has 1 aromatic carbocycles. The highest BCUT2D eigenvalue weighted by atomic mass is 32.2. The molecule has 0 bridgehead atoms. The molecule has 1 heterocycles. The topological polar surface area (TPSA) is 133 Å². The maximum absolute atomic E-state index is 12.6. The minimum atomic E-state index is -4.03. The van der Waals surface area contributed by atoms with Crippen molar-refractivity contribution in [1.29, 1.82) is 0 Å². The van der Waals surface area contributed by atoms with Crippen LogP contribution in [0.5, 0.6) is 0 Å². The number of nitrogens with one attached hydrogen (secondary N) is 4. The predicted octanol–water partition coefficient (Wildman–Crippen LogP) is 1.48. The van der Waals surface area contributed by atoms with Gasteiger partial charge in [-0.15, -0.1) is 0 Å². The molecule has 0 unspecified atom stereocenters. The van der Waals surface area contributed by atoms with Crippen molar-refractivity contribution in [3.8, 4) is 0 Å². The second-order valence-corrected chi connectivity index (χ2v) is 8.56. The van der Waals surface area contributed by atoms with Crippen molar-refractivity contribution in [3.63, 3.8) is 0 Å². The number of aryl methyl sites for hydroxylation is 1. The van der Waals surface area contributed by atoms with E-state index < -0.39 is 22.1 Å². The normalized spacial score (nSPS) is 13.3. The number of imidazole rings is 1. The van der Waals surface area contributed by atoms with Gasteiger partial charge in [-0.25, -0.2) is 22.9 Å². The number of nitrogens with zero attached hydrogens (tertiary/aromatic N) is 1. The lowest BCUT2D eigenvalue weighted by atomic mass is 9.98. The van der Waals surface area contributed by atoms with E-state index in [0.717, 1.165) is 11.3 Å². The van der Waals surface area contributed by atoms with Gasteiger partial charge in [0.2, 0.25) is 5.91 Å². The van der Waals surface area contributed by atoms with Crippen molar-refractivity contribution in [2.45, 2.75) is 44.6 Å². The first-order valence-corrected chi connectivity index (χ1v) is 10.9. The van der Waals surface area contributed by atoms with Crippen molar-refractivity contribution in [2.75, 3.05) is 6.54 Å². The first-order chi connectivity index (χ1) is 13.7. The number of carbonyl (C=O) groups is 2. The van der Waals surface area contributed by atoms with Crippen LogP contribution < -0.4 is 15.4 Å². The van der Waals surface area contributed by atoms with Gasteiger partial charge in [0.1, 0.15) is 6.04 Å². The Labute approximate surface area is 170 Å². The van der Waals surface area contributed by atoms with E-state index in [1.165, 1.54) is 12.1 Å². The summed E-state index contributed by atoms with van der Waals surface area (Å²) in [6, 6.07) is 4.30. The first-order valence-electron chi connectivity index (χ1n) is 9.38. The summed E-state index contributed by atoms with van der Waals surface area (Å²) in [6.45, 7) is 5.89. The van der Waals surface area contributed by atoms with E-state index >= 15 is 0 Å². The number of aromatic amines is 1. The summed E-state index contributed by atoms with van der Waals surface area (Å²) < 4.78 is 26.7. The van der Waals surface area contributed by atoms with Crippen LogP contribution in [0, 0.1) is 12.8 Å². The Morgan fingerprint density at radius 3 is 2.48 bits per heavy atom. The number of hydrogen-bond donors (Lipinski definition) is 4. The van der Waals surface area contributed by atoms with Crippen LogP contribution in [0.4, 0.5) is 4.79 Å². The highest BCUT2D eigenvalue weighted by molar-refractivity contribution is 7.90. The number of H-pyrrole nitrogens is 1. The maximum Gasteiger partial charge on any atom is 0.329 e. The Balaban J connectivity index is 1.98. The Hall–Kier alpha value is -2.88. The van der Waals surface area contributed by atoms with Gasteiger partial charge in [0.05, 0.1) is 11.2 Å². The number of hydrogen-bond acceptors (Lipinski definition) is 5. The fourth-order valence-electron chi connectivity index (χ4n) is 2.62. The standard InChI is InChI=1S/C19H27N5O4S/c1-4-14(3)17(18(25)21-10-9-15-11-20-12-22-15)23-19(26)24-29(27,28)16-7-5-13(2)6-8-16/h5-8,11-12,14,17H,4,9-10H2,1-3H3,(H,20,22)(H,21,25)(H2,23,24,26)/t14-,17-/m0/s1. The van der Waals surface area contributed by atoms with Gasteiger partial charge in [-0.3, -0.25) is 4.79 Å². The molecule has 4 N–H and O–H groups in total. The van der Waals surface area contributed by atoms with Gasteiger partial charge < -0.3 is 15.6 Å². The second kappa shape index (κ2) is 10.1. The lowest BCUT2D eigenvalue weighted by Gasteiger charge is -2.23. The predicted molar refractivity (Wildman–Crippen MR) is 109 cm³/mol. The average molecular weight is 422 g/mol. The van der Waals surface area contributed by atoms with E-state index in [1.54, 1.807) is 24.7 Å². The zero-order valence-corrected chi connectivity index (χ0v) is 17.5. The van der Waals surface area contributed by atoms with E-state index in [4.69, 9.17) is 0 Å². The van der Waals surface area contributed by atoms with Crippen molar-refractivity contribution in [1.82, 2.24) is 25.3 Å². The summed E-state index contributed by atoms with van der Waals surface area (Å²) in [5.41, 5.74) is 1.78. The second-order valence-electron chi connectivity index (χ2n) is 6.87. The number of rotatable bonds is 9. The molecule has 2 aromatic rings. The van der Waals surface area contributed by atoms with Gasteiger partial charge >= 0.3 is 6.03 Å². The largest absolute Gasteiger partial charge is 0.354 e. The van der Waals surface area contributed by atoms with Gasteiger partial charge in [-0.1, -0.05) is 38.0 Å². The summed E-state index contributed by atoms with van der Waals surface area (Å²) in [6.07, 6.45) is 4.41. The summed E-state index contributed by atoms with van der Waals surface area (Å²) in [5, 5.41) is 5.25. The molecular weight excluding hydrogens is 394 g/mol. The van der Waals surface area contributed by atoms with Gasteiger partial charge in [-0.2, -0.15) is 0 Å². The van der Waals surface area contributed by atoms with Crippen molar-refractivity contribution in [2.24, 2.45) is 5.92 Å². The first kappa shape index (κ1) is 22.4. The molecule has 0 aliphatic rings. The number of carbonyl (C=O) groups excluding carboxylic acids is 2. The van der Waals surface area contributed by atoms with Crippen LogP contribution in [0.15, 0.2) is 41.7 Å². The molecule has 1 aromatic heterocycles. The minimum Gasteiger partial charge on any atom is -0.354 e. The molecule has 158 valence electrons. The molecule has 0 saturated carbocycles. The number of sulfonamides is 1. The average Bonchev–Trinajstić information content (AvgIpc) is 3.19. The Kier molecular flexibility index (Phi) is 7.77. The monoisotopic (exact) mass is 421 g/mol. The van der Waals surface area contributed by atoms with Crippen LogP contribution in [0.25, 0.3) is 0 Å². The Morgan fingerprint density at radius 2 is 1.90 bits per heavy atom. The molecule has 0 aliphatic carbocycles. The third-order valence-electron chi connectivity index (χ3n) is 4.59. The van der Waals surface area contributed by atoms with E-state index in [0.29, 0.717) is 19.4 Å². The zero-order chi connectivity index (χ0) is 21.4. The van der Waals surface area contributed by atoms with Crippen LogP contribution in [0.3, 0.4) is 0 Å². The Morgan fingerprint density at radius 1 is 1.21 bits per heavy atom. The molecule has 0 radical (unpaired) electrons. The third kappa shape index (κ3) is 6.60. The fourth-order valence-corrected chi connectivity index (χ4v) is 3.54. The number of benzene rings is 1. The SMILES string of the molecule is CC[C@H](C)[C@H](NC(=O)NS(=O)(=O)c1ccc(C)cc1)C(=O)NCCc1cnc[nH]1. The quantitative estimate of drug-likeness (QED) is 0.487. The molecule has 0 fully saturated rings. The minimum absolute atomic E-state index is 0.0256. The van der Waals surface area contributed by atoms with Crippen LogP contribution in [0.2, 0.25) is 0 Å². The van der Waals surface area contributed by atoms with Crippen LogP contribution in [0.1, 0.15) is 31.5 Å². The molecule has 3 amide bonds. The Bertz CT molecular complexity index is 911. The van der Waals surface area contributed by atoms with Gasteiger partial charge in [0.15, 0.2) is 0 Å². The summed E-state index contributed by atoms with van der Waals surface area (Å²) in [4.78, 5) is 31.7. The highest BCUT2D eigenvalue weighted by Gasteiger charge is 2.27. The number of urea groups is 1. The highest BCUT2D eigenvalue weighted by Crippen LogP contribution is 2.11. The maximum atomic E-state index is 12.6. The zero-order valence-electron chi connectivity index (χ0n) is 16.7. The molecule has 0 spiro atoms. The van der Waals surface area contributed by atoms with E-state index in [9.17, 15) is 18.0 Å². The molecular formula is C19H27N5O4S. The molecule has 0 aliphatic heterocycles. The smallest absolute Gasteiger partial charge is 0.329 e. The molecule has 29 heavy (non-hydrogen) atoms. The van der Waals surface area contributed by atoms with Crippen molar-refractivity contribution < 1.29 is 18.0 Å². The number of amides is 3. The van der Waals surface area contributed by atoms with Crippen molar-refractivity contribution in [3.05, 3.63) is 48.0 Å². The molecule has 0 saturated heterocycles. The number of aromatic nitrogens is 2. The summed E-state index contributed by atoms with van der Waals surface area (Å²) >= 11 is 0. The summed E-state index contributed by atoms with van der Waals surface area (Å²) in [7, 11) is -4.03. The van der Waals surface area contributed by atoms with Crippen LogP contribution in [-0.2, 0) is 21.2 Å². The molecule has 2 atom stereocenters. The van der Waals surface area contributed by atoms with Gasteiger partial charge in [0, 0.05) is 24.9 Å². The van der Waals surface area contributed by atoms with Gasteiger partial charge in [0.25, 0.3) is 10.0 Å². The molecule has 10 heteroatoms. The summed E-state index contributed by atoms with van der Waals surface area (Å²) in [5.74, 6) is -0.559. The van der Waals surface area contributed by atoms with Crippen LogP contribution in [-0.4, -0.2) is 42.9 Å². The lowest BCUT2D eigenvalue weighted by molar-refractivity contribution is -0.124. The van der Waals surface area contributed by atoms with E-state index in [2.05, 4.69) is 20.6 Å². The molecule has 2 rings (SSSR count). The van der Waals surface area contributed by atoms with E-state index in [-0.39, 0.29) is 16.7 Å².